The van der Waals surface area contributed by atoms with Crippen LogP contribution < -0.4 is 5.73 Å². The van der Waals surface area contributed by atoms with Crippen LogP contribution >= 0.6 is 0 Å². The third kappa shape index (κ3) is 14.1. The predicted octanol–water partition coefficient (Wildman–Crippen LogP) is 6.07. The van der Waals surface area contributed by atoms with Crippen LogP contribution in [0, 0.1) is 11.8 Å². The molecule has 0 radical (unpaired) electrons. The molecule has 0 bridgehead atoms. The van der Waals surface area contributed by atoms with E-state index in [4.69, 9.17) is 5.73 Å². The maximum absolute atomic E-state index is 11.6. The van der Waals surface area contributed by atoms with Gasteiger partial charge in [0.05, 0.1) is 5.92 Å². The molecular formula is C22H43NO3. The minimum absolute atomic E-state index is 0.0252. The van der Waals surface area contributed by atoms with Crippen LogP contribution in [-0.4, -0.2) is 17.0 Å². The number of nitrogens with two attached hydrogens (primary N) is 1. The first-order valence-electron chi connectivity index (χ1n) is 11.0. The average Bonchev–Trinajstić information content (AvgIpc) is 2.60. The Hall–Kier alpha value is -1.06. The van der Waals surface area contributed by atoms with Crippen molar-refractivity contribution < 1.29 is 14.7 Å². The molecule has 0 aliphatic rings. The Morgan fingerprint density at radius 2 is 1.00 bits per heavy atom. The number of aliphatic carboxylic acids is 1. The maximum atomic E-state index is 11.6. The zero-order valence-corrected chi connectivity index (χ0v) is 17.3. The molecule has 0 aromatic carbocycles. The number of unbranched alkanes of at least 4 members (excludes halogenated alkanes) is 9. The Morgan fingerprint density at radius 3 is 1.31 bits per heavy atom. The van der Waals surface area contributed by atoms with E-state index in [2.05, 4.69) is 13.8 Å². The molecular weight excluding hydrogens is 326 g/mol. The largest absolute Gasteiger partial charge is 0.481 e. The van der Waals surface area contributed by atoms with Gasteiger partial charge in [-0.1, -0.05) is 90.9 Å². The molecule has 0 rings (SSSR count). The van der Waals surface area contributed by atoms with Crippen LogP contribution in [0.15, 0.2) is 0 Å². The fourth-order valence-corrected chi connectivity index (χ4v) is 3.59. The van der Waals surface area contributed by atoms with E-state index >= 15 is 0 Å². The molecule has 2 atom stereocenters. The smallest absolute Gasteiger partial charge is 0.306 e. The zero-order valence-electron chi connectivity index (χ0n) is 17.3. The summed E-state index contributed by atoms with van der Waals surface area (Å²) >= 11 is 0. The van der Waals surface area contributed by atoms with E-state index in [-0.39, 0.29) is 17.7 Å². The number of carboxylic acids is 1. The number of carboxylic acid groups (broad SMARTS) is 1. The minimum Gasteiger partial charge on any atom is -0.481 e. The van der Waals surface area contributed by atoms with Gasteiger partial charge >= 0.3 is 5.97 Å². The molecule has 26 heavy (non-hydrogen) atoms. The van der Waals surface area contributed by atoms with E-state index in [0.717, 1.165) is 70.6 Å². The molecule has 0 aliphatic carbocycles. The van der Waals surface area contributed by atoms with Crippen molar-refractivity contribution in [1.82, 2.24) is 0 Å². The standard InChI is InChI=1S/C22H43NO3/c1-3-5-7-11-15-19(21(23)24)16-13-9-10-14-18-20(22(25)26)17-12-8-6-4-2/h19-20H,3-18H2,1-2H3,(H2,23,24)(H,25,26). The Bertz CT molecular complexity index is 323. The molecule has 0 spiro atoms. The quantitative estimate of drug-likeness (QED) is 0.271. The van der Waals surface area contributed by atoms with Crippen molar-refractivity contribution in [2.24, 2.45) is 17.6 Å². The van der Waals surface area contributed by atoms with Gasteiger partial charge in [0.1, 0.15) is 0 Å². The van der Waals surface area contributed by atoms with Gasteiger partial charge in [-0.2, -0.15) is 0 Å². The van der Waals surface area contributed by atoms with Crippen LogP contribution in [0.1, 0.15) is 117 Å². The number of amides is 1. The van der Waals surface area contributed by atoms with Crippen LogP contribution in [0.2, 0.25) is 0 Å². The summed E-state index contributed by atoms with van der Waals surface area (Å²) in [5.41, 5.74) is 5.53. The molecule has 154 valence electrons. The van der Waals surface area contributed by atoms with E-state index in [1.165, 1.54) is 32.1 Å². The van der Waals surface area contributed by atoms with Crippen molar-refractivity contribution in [3.8, 4) is 0 Å². The van der Waals surface area contributed by atoms with Gasteiger partial charge in [0.25, 0.3) is 0 Å². The summed E-state index contributed by atoms with van der Waals surface area (Å²) in [6, 6.07) is 0. The fraction of sp³-hybridized carbons (Fsp3) is 0.909. The van der Waals surface area contributed by atoms with Gasteiger partial charge in [0, 0.05) is 5.92 Å². The zero-order chi connectivity index (χ0) is 19.6. The van der Waals surface area contributed by atoms with Gasteiger partial charge < -0.3 is 10.8 Å². The number of carbonyl (C=O) groups excluding carboxylic acids is 1. The third-order valence-corrected chi connectivity index (χ3v) is 5.42. The summed E-state index contributed by atoms with van der Waals surface area (Å²) in [4.78, 5) is 22.9. The lowest BCUT2D eigenvalue weighted by atomic mass is 9.92. The first kappa shape index (κ1) is 24.9. The molecule has 1 amide bonds. The van der Waals surface area contributed by atoms with Crippen LogP contribution in [0.4, 0.5) is 0 Å². The first-order chi connectivity index (χ1) is 12.5. The van der Waals surface area contributed by atoms with Gasteiger partial charge in [0.15, 0.2) is 0 Å². The highest BCUT2D eigenvalue weighted by Gasteiger charge is 2.17. The number of primary amides is 1. The Morgan fingerprint density at radius 1 is 0.654 bits per heavy atom. The van der Waals surface area contributed by atoms with E-state index in [1.807, 2.05) is 0 Å². The summed E-state index contributed by atoms with van der Waals surface area (Å²) in [5, 5.41) is 9.34. The molecule has 0 heterocycles. The first-order valence-corrected chi connectivity index (χ1v) is 11.0. The second-order valence-corrected chi connectivity index (χ2v) is 7.82. The summed E-state index contributed by atoms with van der Waals surface area (Å²) < 4.78 is 0. The third-order valence-electron chi connectivity index (χ3n) is 5.42. The molecule has 3 N–H and O–H groups in total. The highest BCUT2D eigenvalue weighted by atomic mass is 16.4. The molecule has 4 heteroatoms. The molecule has 0 saturated heterocycles. The Kier molecular flexibility index (Phi) is 16.7. The van der Waals surface area contributed by atoms with Crippen molar-refractivity contribution in [1.29, 1.82) is 0 Å². The van der Waals surface area contributed by atoms with Crippen molar-refractivity contribution in [2.45, 2.75) is 117 Å². The minimum atomic E-state index is -0.637. The highest BCUT2D eigenvalue weighted by Crippen LogP contribution is 2.21. The monoisotopic (exact) mass is 369 g/mol. The van der Waals surface area contributed by atoms with E-state index in [9.17, 15) is 14.7 Å². The summed E-state index contributed by atoms with van der Waals surface area (Å²) in [7, 11) is 0. The number of rotatable bonds is 19. The number of hydrogen-bond acceptors (Lipinski definition) is 2. The second kappa shape index (κ2) is 17.4. The van der Waals surface area contributed by atoms with Gasteiger partial charge in [-0.25, -0.2) is 0 Å². The van der Waals surface area contributed by atoms with Crippen LogP contribution in [0.25, 0.3) is 0 Å². The lowest BCUT2D eigenvalue weighted by Crippen LogP contribution is -2.23. The molecule has 0 aromatic rings. The number of carbonyl (C=O) groups is 2. The van der Waals surface area contributed by atoms with Gasteiger partial charge in [-0.15, -0.1) is 0 Å². The SMILES string of the molecule is CCCCCCC(CCCCCCC(CCCCCC)C(=O)O)C(N)=O. The molecule has 0 saturated carbocycles. The van der Waals surface area contributed by atoms with Crippen LogP contribution in [0.3, 0.4) is 0 Å². The lowest BCUT2D eigenvalue weighted by Gasteiger charge is -2.14. The number of hydrogen-bond donors (Lipinski definition) is 2. The van der Waals surface area contributed by atoms with Crippen molar-refractivity contribution in [2.75, 3.05) is 0 Å². The molecule has 0 fully saturated rings. The van der Waals surface area contributed by atoms with E-state index in [0.29, 0.717) is 0 Å². The van der Waals surface area contributed by atoms with Crippen molar-refractivity contribution in [3.63, 3.8) is 0 Å². The van der Waals surface area contributed by atoms with Crippen LogP contribution in [0.5, 0.6) is 0 Å². The topological polar surface area (TPSA) is 80.4 Å². The molecule has 0 aliphatic heterocycles. The van der Waals surface area contributed by atoms with Gasteiger partial charge in [-0.3, -0.25) is 9.59 Å². The van der Waals surface area contributed by atoms with Gasteiger partial charge in [-0.05, 0) is 25.7 Å². The van der Waals surface area contributed by atoms with E-state index in [1.54, 1.807) is 0 Å². The van der Waals surface area contributed by atoms with Gasteiger partial charge in [0.2, 0.25) is 5.91 Å². The molecule has 4 nitrogen and oxygen atoms in total. The molecule has 2 unspecified atom stereocenters. The van der Waals surface area contributed by atoms with Crippen molar-refractivity contribution >= 4 is 11.9 Å². The molecule has 0 aromatic heterocycles. The average molecular weight is 370 g/mol. The summed E-state index contributed by atoms with van der Waals surface area (Å²) in [6.45, 7) is 4.36. The van der Waals surface area contributed by atoms with E-state index < -0.39 is 5.97 Å². The maximum Gasteiger partial charge on any atom is 0.306 e. The van der Waals surface area contributed by atoms with Crippen LogP contribution in [-0.2, 0) is 9.59 Å². The lowest BCUT2D eigenvalue weighted by molar-refractivity contribution is -0.142. The second-order valence-electron chi connectivity index (χ2n) is 7.82. The normalized spacial score (nSPS) is 13.5. The van der Waals surface area contributed by atoms with Crippen molar-refractivity contribution in [3.05, 3.63) is 0 Å². The Balaban J connectivity index is 3.82. The highest BCUT2D eigenvalue weighted by molar-refractivity contribution is 5.76. The Labute approximate surface area is 161 Å². The fourth-order valence-electron chi connectivity index (χ4n) is 3.59. The summed E-state index contributed by atoms with van der Waals surface area (Å²) in [6.07, 6.45) is 16.8. The summed E-state index contributed by atoms with van der Waals surface area (Å²) in [5.74, 6) is -0.942. The predicted molar refractivity (Wildman–Crippen MR) is 109 cm³/mol.